The molecule has 0 saturated carbocycles. The quantitative estimate of drug-likeness (QED) is 0.0262. The van der Waals surface area contributed by atoms with Gasteiger partial charge in [0.25, 0.3) is 0 Å². The highest BCUT2D eigenvalue weighted by Gasteiger charge is 2.25. The van der Waals surface area contributed by atoms with E-state index in [4.69, 9.17) is 14.2 Å². The average Bonchev–Trinajstić information content (AvgIpc) is 3.15. The van der Waals surface area contributed by atoms with Gasteiger partial charge < -0.3 is 28.6 Å². The zero-order chi connectivity index (χ0) is 41.4. The van der Waals surface area contributed by atoms with Crippen LogP contribution < -0.4 is 5.11 Å². The summed E-state index contributed by atoms with van der Waals surface area (Å²) in [5, 5.41) is 11.6. The minimum absolute atomic E-state index is 0.0446. The number of allylic oxidation sites excluding steroid dienone is 2. The van der Waals surface area contributed by atoms with Crippen molar-refractivity contribution in [1.29, 1.82) is 0 Å². The van der Waals surface area contributed by atoms with Gasteiger partial charge in [-0.15, -0.1) is 0 Å². The number of carboxylic acids is 1. The van der Waals surface area contributed by atoms with Gasteiger partial charge in [-0.25, -0.2) is 0 Å². The summed E-state index contributed by atoms with van der Waals surface area (Å²) < 4.78 is 17.2. The number of carbonyl (C=O) groups excluding carboxylic acids is 3. The molecule has 0 fully saturated rings. The van der Waals surface area contributed by atoms with E-state index in [1.165, 1.54) is 154 Å². The van der Waals surface area contributed by atoms with E-state index >= 15 is 0 Å². The number of carbonyl (C=O) groups is 3. The Morgan fingerprint density at radius 1 is 0.518 bits per heavy atom. The second-order valence-corrected chi connectivity index (χ2v) is 17.4. The fourth-order valence-electron chi connectivity index (χ4n) is 7.18. The van der Waals surface area contributed by atoms with Gasteiger partial charge in [-0.05, 0) is 38.5 Å². The van der Waals surface area contributed by atoms with Crippen LogP contribution in [0.5, 0.6) is 0 Å². The van der Waals surface area contributed by atoms with Crippen LogP contribution in [0.15, 0.2) is 12.2 Å². The van der Waals surface area contributed by atoms with Crippen molar-refractivity contribution < 1.29 is 38.2 Å². The maximum atomic E-state index is 12.7. The number of rotatable bonds is 43. The first kappa shape index (κ1) is 54.1. The Hall–Kier alpha value is -1.93. The predicted molar refractivity (Wildman–Crippen MR) is 231 cm³/mol. The number of hydrogen-bond donors (Lipinski definition) is 0. The number of ether oxygens (including phenoxy) is 3. The van der Waals surface area contributed by atoms with Crippen molar-refractivity contribution in [2.45, 2.75) is 238 Å². The normalized spacial score (nSPS) is 12.9. The molecule has 0 aromatic heterocycles. The fraction of sp³-hybridized carbons (Fsp3) is 0.896. The van der Waals surface area contributed by atoms with Crippen LogP contribution in [-0.4, -0.2) is 75.5 Å². The summed E-state index contributed by atoms with van der Waals surface area (Å²) in [7, 11) is 5.42. The van der Waals surface area contributed by atoms with Crippen LogP contribution >= 0.6 is 0 Å². The zero-order valence-electron chi connectivity index (χ0n) is 37.6. The molecule has 0 aromatic carbocycles. The highest BCUT2D eigenvalue weighted by Crippen LogP contribution is 2.15. The smallest absolute Gasteiger partial charge is 0.306 e. The second-order valence-electron chi connectivity index (χ2n) is 17.4. The van der Waals surface area contributed by atoms with Crippen LogP contribution in [-0.2, 0) is 28.6 Å². The van der Waals surface area contributed by atoms with Crippen LogP contribution in [0.4, 0.5) is 0 Å². The Bertz CT molecular complexity index is 931. The average molecular weight is 794 g/mol. The summed E-state index contributed by atoms with van der Waals surface area (Å²) >= 11 is 0. The Morgan fingerprint density at radius 3 is 1.29 bits per heavy atom. The lowest BCUT2D eigenvalue weighted by atomic mass is 10.0. The maximum absolute atomic E-state index is 12.7. The van der Waals surface area contributed by atoms with Gasteiger partial charge in [0.2, 0.25) is 0 Å². The molecule has 0 aliphatic rings. The number of aliphatic carboxylic acids is 1. The summed E-state index contributed by atoms with van der Waals surface area (Å²) in [6.45, 7) is 4.68. The molecule has 0 aromatic rings. The zero-order valence-corrected chi connectivity index (χ0v) is 37.6. The number of nitrogens with zero attached hydrogens (tertiary/aromatic N) is 1. The summed E-state index contributed by atoms with van der Waals surface area (Å²) in [5.41, 5.74) is 0. The predicted octanol–water partition coefficient (Wildman–Crippen LogP) is 11.8. The highest BCUT2D eigenvalue weighted by atomic mass is 16.6. The molecule has 0 amide bonds. The Labute approximate surface area is 346 Å². The summed E-state index contributed by atoms with van der Waals surface area (Å²) in [5.74, 6) is -1.73. The lowest BCUT2D eigenvalue weighted by molar-refractivity contribution is -0.889. The molecule has 330 valence electrons. The number of likely N-dealkylation sites (N-methyl/N-ethyl adjacent to an activating group) is 1. The first-order valence-electron chi connectivity index (χ1n) is 23.7. The van der Waals surface area contributed by atoms with Gasteiger partial charge in [0.1, 0.15) is 12.6 Å². The van der Waals surface area contributed by atoms with Crippen LogP contribution in [0, 0.1) is 0 Å². The molecule has 0 spiro atoms. The third-order valence-corrected chi connectivity index (χ3v) is 10.9. The van der Waals surface area contributed by atoms with Crippen molar-refractivity contribution in [3.05, 3.63) is 12.2 Å². The molecule has 8 nitrogen and oxygen atoms in total. The van der Waals surface area contributed by atoms with E-state index in [1.807, 2.05) is 0 Å². The molecule has 0 heterocycles. The summed E-state index contributed by atoms with van der Waals surface area (Å²) in [4.78, 5) is 36.9. The third-order valence-electron chi connectivity index (χ3n) is 10.9. The molecular weight excluding hydrogens is 703 g/mol. The molecule has 56 heavy (non-hydrogen) atoms. The molecule has 0 rings (SSSR count). The number of quaternary nitrogens is 1. The van der Waals surface area contributed by atoms with E-state index in [0.717, 1.165) is 38.5 Å². The van der Waals surface area contributed by atoms with Gasteiger partial charge >= 0.3 is 11.9 Å². The summed E-state index contributed by atoms with van der Waals surface area (Å²) in [6, 6.07) is -0.722. The van der Waals surface area contributed by atoms with Gasteiger partial charge in [-0.1, -0.05) is 180 Å². The van der Waals surface area contributed by atoms with Gasteiger partial charge in [0.05, 0.1) is 40.3 Å². The third kappa shape index (κ3) is 37.6. The number of carboxylic acid groups (broad SMARTS) is 1. The minimum Gasteiger partial charge on any atom is -0.544 e. The molecule has 0 aliphatic carbocycles. The number of hydrogen-bond acceptors (Lipinski definition) is 7. The minimum atomic E-state index is -1.12. The van der Waals surface area contributed by atoms with Crippen LogP contribution in [0.2, 0.25) is 0 Å². The molecule has 8 heteroatoms. The van der Waals surface area contributed by atoms with Crippen LogP contribution in [0.25, 0.3) is 0 Å². The Morgan fingerprint density at radius 2 is 0.893 bits per heavy atom. The Balaban J connectivity index is 4.25. The summed E-state index contributed by atoms with van der Waals surface area (Å²) in [6.07, 6.45) is 42.3. The van der Waals surface area contributed by atoms with E-state index in [9.17, 15) is 19.5 Å². The van der Waals surface area contributed by atoms with Crippen LogP contribution in [0.3, 0.4) is 0 Å². The fourth-order valence-corrected chi connectivity index (χ4v) is 7.18. The molecule has 0 N–H and O–H groups in total. The van der Waals surface area contributed by atoms with Crippen molar-refractivity contribution in [3.8, 4) is 0 Å². The van der Waals surface area contributed by atoms with Gasteiger partial charge in [0, 0.05) is 19.3 Å². The van der Waals surface area contributed by atoms with E-state index in [1.54, 1.807) is 21.1 Å². The van der Waals surface area contributed by atoms with Crippen molar-refractivity contribution in [2.75, 3.05) is 41.0 Å². The monoisotopic (exact) mass is 794 g/mol. The molecule has 0 bridgehead atoms. The van der Waals surface area contributed by atoms with Crippen LogP contribution in [0.1, 0.15) is 226 Å². The number of esters is 2. The first-order valence-corrected chi connectivity index (χ1v) is 23.7. The molecule has 0 aliphatic heterocycles. The van der Waals surface area contributed by atoms with Gasteiger partial charge in [-0.3, -0.25) is 9.59 Å². The highest BCUT2D eigenvalue weighted by molar-refractivity contribution is 5.70. The van der Waals surface area contributed by atoms with Crippen molar-refractivity contribution in [3.63, 3.8) is 0 Å². The lowest BCUT2D eigenvalue weighted by Crippen LogP contribution is -2.55. The van der Waals surface area contributed by atoms with Gasteiger partial charge in [0.15, 0.2) is 6.10 Å². The van der Waals surface area contributed by atoms with Gasteiger partial charge in [-0.2, -0.15) is 0 Å². The number of unbranched alkanes of at least 4 members (excludes halogenated alkanes) is 27. The van der Waals surface area contributed by atoms with E-state index in [0.29, 0.717) is 12.8 Å². The van der Waals surface area contributed by atoms with Crippen molar-refractivity contribution in [2.24, 2.45) is 0 Å². The SMILES string of the molecule is CCCCCCCCCCC/C=C/CCCCCCCCCC(=O)OC(COCCC(C(=O)[O-])[N+](C)(C)C)COC(=O)CCCCCCCCCCCCCC. The topological polar surface area (TPSA) is 102 Å². The van der Waals surface area contributed by atoms with E-state index < -0.39 is 18.1 Å². The molecule has 0 saturated heterocycles. The molecular formula is C48H91NO7. The van der Waals surface area contributed by atoms with E-state index in [-0.39, 0.29) is 42.7 Å². The van der Waals surface area contributed by atoms with Crippen molar-refractivity contribution in [1.82, 2.24) is 0 Å². The standard InChI is InChI=1S/C48H91NO7/c1-6-8-10-12-14-16-18-20-21-22-23-24-25-26-27-29-31-33-35-37-39-47(51)56-44(42-54-41-40-45(48(52)53)49(3,4)5)43-55-46(50)38-36-34-32-30-28-19-17-15-13-11-9-7-2/h23-24,44-45H,6-22,25-43H2,1-5H3/b24-23+. The molecule has 2 unspecified atom stereocenters. The maximum Gasteiger partial charge on any atom is 0.306 e. The molecule has 0 radical (unpaired) electrons. The first-order chi connectivity index (χ1) is 27.1. The lowest BCUT2D eigenvalue weighted by Gasteiger charge is -2.34. The molecule has 2 atom stereocenters. The second kappa shape index (κ2) is 39.9. The Kier molecular flexibility index (Phi) is 38.5. The largest absolute Gasteiger partial charge is 0.544 e. The van der Waals surface area contributed by atoms with E-state index in [2.05, 4.69) is 26.0 Å². The van der Waals surface area contributed by atoms with Crippen molar-refractivity contribution >= 4 is 17.9 Å².